The summed E-state index contributed by atoms with van der Waals surface area (Å²) in [7, 11) is 0. The summed E-state index contributed by atoms with van der Waals surface area (Å²) >= 11 is 0. The van der Waals surface area contributed by atoms with Crippen molar-refractivity contribution >= 4 is 11.7 Å². The zero-order valence-electron chi connectivity index (χ0n) is 16.3. The Balaban J connectivity index is 1.44. The fraction of sp³-hybridized carbons (Fsp3) is 0.273. The average molecular weight is 389 g/mol. The molecule has 0 atom stereocenters. The van der Waals surface area contributed by atoms with Crippen LogP contribution in [-0.2, 0) is 6.42 Å². The number of carbonyl (C=O) groups is 1. The van der Waals surface area contributed by atoms with Gasteiger partial charge in [0, 0.05) is 49.1 Å². The smallest absolute Gasteiger partial charge is 0.253 e. The number of piperazine rings is 1. The fourth-order valence-corrected chi connectivity index (χ4v) is 3.44. The molecule has 1 N–H and O–H groups in total. The molecule has 0 saturated carbocycles. The van der Waals surface area contributed by atoms with Crippen molar-refractivity contribution in [1.82, 2.24) is 19.9 Å². The highest BCUT2D eigenvalue weighted by molar-refractivity contribution is 5.95. The number of aromatic nitrogens is 3. The summed E-state index contributed by atoms with van der Waals surface area (Å²) in [5.74, 6) is 1.06. The van der Waals surface area contributed by atoms with Gasteiger partial charge < -0.3 is 14.9 Å². The summed E-state index contributed by atoms with van der Waals surface area (Å²) in [6.45, 7) is 4.85. The van der Waals surface area contributed by atoms with Crippen LogP contribution in [0.1, 0.15) is 23.0 Å². The molecule has 1 amide bonds. The van der Waals surface area contributed by atoms with E-state index >= 15 is 0 Å². The zero-order valence-corrected chi connectivity index (χ0v) is 16.3. The maximum atomic E-state index is 13.0. The van der Waals surface area contributed by atoms with Gasteiger partial charge in [-0.1, -0.05) is 19.1 Å². The van der Waals surface area contributed by atoms with Gasteiger partial charge in [0.25, 0.3) is 5.91 Å². The van der Waals surface area contributed by atoms with Gasteiger partial charge in [0.15, 0.2) is 0 Å². The van der Waals surface area contributed by atoms with Crippen molar-refractivity contribution in [3.63, 3.8) is 0 Å². The Morgan fingerprint density at radius 2 is 1.86 bits per heavy atom. The quantitative estimate of drug-likeness (QED) is 0.739. The van der Waals surface area contributed by atoms with Crippen LogP contribution in [0.5, 0.6) is 5.75 Å². The molecule has 0 aliphatic carbocycles. The first-order valence-electron chi connectivity index (χ1n) is 9.74. The molecule has 1 aliphatic heterocycles. The molecule has 1 aromatic carbocycles. The highest BCUT2D eigenvalue weighted by Gasteiger charge is 2.23. The number of aryl methyl sites for hydroxylation is 1. The van der Waals surface area contributed by atoms with Crippen LogP contribution in [0.25, 0.3) is 11.3 Å². The molecule has 1 saturated heterocycles. The van der Waals surface area contributed by atoms with E-state index in [1.54, 1.807) is 18.5 Å². The predicted octanol–water partition coefficient (Wildman–Crippen LogP) is 2.77. The minimum Gasteiger partial charge on any atom is -0.506 e. The number of nitrogens with zero attached hydrogens (tertiary/aromatic N) is 5. The summed E-state index contributed by atoms with van der Waals surface area (Å²) < 4.78 is 0. The van der Waals surface area contributed by atoms with E-state index in [-0.39, 0.29) is 11.7 Å². The number of anilines is 1. The molecule has 148 valence electrons. The maximum Gasteiger partial charge on any atom is 0.253 e. The van der Waals surface area contributed by atoms with Crippen LogP contribution in [-0.4, -0.2) is 57.0 Å². The summed E-state index contributed by atoms with van der Waals surface area (Å²) in [6.07, 6.45) is 3.88. The van der Waals surface area contributed by atoms with Crippen LogP contribution in [0.3, 0.4) is 0 Å². The number of hydrogen-bond acceptors (Lipinski definition) is 6. The van der Waals surface area contributed by atoms with Crippen molar-refractivity contribution in [3.8, 4) is 17.0 Å². The Bertz CT molecular complexity index is 998. The summed E-state index contributed by atoms with van der Waals surface area (Å²) in [4.78, 5) is 29.9. The number of benzene rings is 1. The fourth-order valence-electron chi connectivity index (χ4n) is 3.44. The van der Waals surface area contributed by atoms with E-state index < -0.39 is 0 Å². The van der Waals surface area contributed by atoms with Crippen LogP contribution < -0.4 is 4.90 Å². The Morgan fingerprint density at radius 1 is 1.03 bits per heavy atom. The van der Waals surface area contributed by atoms with Gasteiger partial charge in [-0.05, 0) is 30.7 Å². The average Bonchev–Trinajstić information content (AvgIpc) is 2.79. The third kappa shape index (κ3) is 4.18. The van der Waals surface area contributed by atoms with Gasteiger partial charge in [-0.15, -0.1) is 0 Å². The molecular formula is C22H23N5O2. The zero-order chi connectivity index (χ0) is 20.2. The lowest BCUT2D eigenvalue weighted by molar-refractivity contribution is 0.0746. The van der Waals surface area contributed by atoms with Crippen molar-refractivity contribution in [2.24, 2.45) is 0 Å². The second-order valence-corrected chi connectivity index (χ2v) is 6.98. The molecule has 0 spiro atoms. The number of hydrogen-bond donors (Lipinski definition) is 1. The highest BCUT2D eigenvalue weighted by Crippen LogP contribution is 2.22. The van der Waals surface area contributed by atoms with Crippen LogP contribution in [0.15, 0.2) is 55.0 Å². The van der Waals surface area contributed by atoms with Crippen molar-refractivity contribution in [2.45, 2.75) is 13.3 Å². The minimum absolute atomic E-state index is 0.0159. The normalized spacial score (nSPS) is 14.1. The third-order valence-electron chi connectivity index (χ3n) is 5.12. The summed E-state index contributed by atoms with van der Waals surface area (Å²) in [5.41, 5.74) is 3.23. The molecule has 2 aromatic heterocycles. The molecule has 7 nitrogen and oxygen atoms in total. The van der Waals surface area contributed by atoms with E-state index in [9.17, 15) is 9.90 Å². The second kappa shape index (κ2) is 8.26. The van der Waals surface area contributed by atoms with Gasteiger partial charge in [0.2, 0.25) is 0 Å². The molecular weight excluding hydrogens is 366 g/mol. The molecule has 1 aliphatic rings. The van der Waals surface area contributed by atoms with E-state index in [4.69, 9.17) is 0 Å². The van der Waals surface area contributed by atoms with E-state index in [0.29, 0.717) is 18.7 Å². The molecule has 29 heavy (non-hydrogen) atoms. The Kier molecular flexibility index (Phi) is 5.37. The molecule has 0 bridgehead atoms. The first-order chi connectivity index (χ1) is 14.1. The van der Waals surface area contributed by atoms with E-state index in [2.05, 4.69) is 26.8 Å². The van der Waals surface area contributed by atoms with Gasteiger partial charge in [-0.2, -0.15) is 0 Å². The number of aromatic hydroxyl groups is 1. The second-order valence-electron chi connectivity index (χ2n) is 6.98. The number of amides is 1. The summed E-state index contributed by atoms with van der Waals surface area (Å²) in [6, 6.07) is 12.8. The summed E-state index contributed by atoms with van der Waals surface area (Å²) in [5, 5.41) is 9.41. The molecule has 3 heterocycles. The first-order valence-corrected chi connectivity index (χ1v) is 9.74. The van der Waals surface area contributed by atoms with Gasteiger partial charge >= 0.3 is 0 Å². The van der Waals surface area contributed by atoms with Crippen molar-refractivity contribution in [1.29, 1.82) is 0 Å². The van der Waals surface area contributed by atoms with Gasteiger partial charge in [-0.25, -0.2) is 9.97 Å². The van der Waals surface area contributed by atoms with E-state index in [1.807, 2.05) is 35.2 Å². The lowest BCUT2D eigenvalue weighted by Crippen LogP contribution is -2.49. The van der Waals surface area contributed by atoms with Crippen LogP contribution in [0, 0.1) is 0 Å². The Labute approximate surface area is 169 Å². The number of pyridine rings is 1. The highest BCUT2D eigenvalue weighted by atomic mass is 16.3. The molecule has 1 fully saturated rings. The van der Waals surface area contributed by atoms with E-state index in [1.165, 1.54) is 6.20 Å². The van der Waals surface area contributed by atoms with Gasteiger partial charge in [0.1, 0.15) is 17.9 Å². The number of carbonyl (C=O) groups excluding carboxylic acids is 1. The standard InChI is InChI=1S/C22H23N5O2/c1-2-18-13-21(25-15-24-18)26-8-10-27(11-9-26)22(29)17-5-3-4-16(12-17)20-7-6-19(28)14-23-20/h3-7,12-15,28H,2,8-11H2,1H3. The van der Waals surface area contributed by atoms with Crippen LogP contribution >= 0.6 is 0 Å². The molecule has 0 radical (unpaired) electrons. The molecule has 7 heteroatoms. The number of rotatable bonds is 4. The lowest BCUT2D eigenvalue weighted by Gasteiger charge is -2.35. The predicted molar refractivity (Wildman–Crippen MR) is 111 cm³/mol. The topological polar surface area (TPSA) is 82.5 Å². The maximum absolute atomic E-state index is 13.0. The Hall–Kier alpha value is -3.48. The lowest BCUT2D eigenvalue weighted by atomic mass is 10.1. The third-order valence-corrected chi connectivity index (χ3v) is 5.12. The Morgan fingerprint density at radius 3 is 2.59 bits per heavy atom. The minimum atomic E-state index is 0.0159. The van der Waals surface area contributed by atoms with Gasteiger partial charge in [0.05, 0.1) is 11.9 Å². The van der Waals surface area contributed by atoms with Crippen molar-refractivity contribution in [3.05, 3.63) is 66.2 Å². The molecule has 3 aromatic rings. The monoisotopic (exact) mass is 389 g/mol. The van der Waals surface area contributed by atoms with Crippen molar-refractivity contribution < 1.29 is 9.90 Å². The van der Waals surface area contributed by atoms with Crippen LogP contribution in [0.4, 0.5) is 5.82 Å². The van der Waals surface area contributed by atoms with Gasteiger partial charge in [-0.3, -0.25) is 9.78 Å². The largest absolute Gasteiger partial charge is 0.506 e. The molecule has 0 unspecified atom stereocenters. The van der Waals surface area contributed by atoms with Crippen molar-refractivity contribution in [2.75, 3.05) is 31.1 Å². The van der Waals surface area contributed by atoms with E-state index in [0.717, 1.165) is 42.3 Å². The SMILES string of the molecule is CCc1cc(N2CCN(C(=O)c3cccc(-c4ccc(O)cn4)c3)CC2)ncn1. The molecule has 4 rings (SSSR count). The first kappa shape index (κ1) is 18.9. The van der Waals surface area contributed by atoms with Crippen LogP contribution in [0.2, 0.25) is 0 Å².